The van der Waals surface area contributed by atoms with E-state index in [4.69, 9.17) is 0 Å². The van der Waals surface area contributed by atoms with Crippen molar-refractivity contribution in [2.24, 2.45) is 0 Å². The van der Waals surface area contributed by atoms with Gasteiger partial charge in [-0.2, -0.15) is 0 Å². The molecule has 2 aromatic rings. The topological polar surface area (TPSA) is 45.2 Å². The second-order valence-corrected chi connectivity index (χ2v) is 5.41. The Morgan fingerprint density at radius 3 is 2.84 bits per heavy atom. The maximum absolute atomic E-state index is 13.7. The third-order valence-electron chi connectivity index (χ3n) is 2.89. The van der Waals surface area contributed by atoms with Crippen LogP contribution in [-0.2, 0) is 13.0 Å². The number of nitrogens with zero attached hydrogens (tertiary/aromatic N) is 1. The maximum atomic E-state index is 13.7. The summed E-state index contributed by atoms with van der Waals surface area (Å²) in [6.45, 7) is 2.50. The van der Waals surface area contributed by atoms with Crippen molar-refractivity contribution < 1.29 is 9.50 Å². The fourth-order valence-corrected chi connectivity index (χ4v) is 2.66. The minimum absolute atomic E-state index is 0.139. The number of aliphatic hydroxyl groups excluding tert-OH is 1. The molecule has 1 aromatic heterocycles. The van der Waals surface area contributed by atoms with Crippen LogP contribution < -0.4 is 5.32 Å². The Labute approximate surface area is 116 Å². The molecule has 1 atom stereocenters. The van der Waals surface area contributed by atoms with Gasteiger partial charge in [0, 0.05) is 23.2 Å². The van der Waals surface area contributed by atoms with Gasteiger partial charge in [0.1, 0.15) is 5.82 Å². The lowest BCUT2D eigenvalue weighted by atomic mass is 10.1. The van der Waals surface area contributed by atoms with Crippen LogP contribution in [0.3, 0.4) is 0 Å². The number of aromatic nitrogens is 1. The van der Waals surface area contributed by atoms with Crippen molar-refractivity contribution in [3.8, 4) is 0 Å². The van der Waals surface area contributed by atoms with E-state index < -0.39 is 6.04 Å². The Morgan fingerprint density at radius 2 is 2.21 bits per heavy atom. The van der Waals surface area contributed by atoms with E-state index in [0.717, 1.165) is 16.3 Å². The summed E-state index contributed by atoms with van der Waals surface area (Å²) >= 11 is 1.64. The van der Waals surface area contributed by atoms with Gasteiger partial charge in [-0.15, -0.1) is 11.3 Å². The second kappa shape index (κ2) is 6.75. The van der Waals surface area contributed by atoms with Gasteiger partial charge in [-0.1, -0.05) is 25.1 Å². The summed E-state index contributed by atoms with van der Waals surface area (Å²) < 4.78 is 13.7. The fourth-order valence-electron chi connectivity index (χ4n) is 1.85. The van der Waals surface area contributed by atoms with Crippen LogP contribution >= 0.6 is 11.3 Å². The average Bonchev–Trinajstić information content (AvgIpc) is 2.89. The van der Waals surface area contributed by atoms with Crippen LogP contribution in [0.5, 0.6) is 0 Å². The molecule has 1 unspecified atom stereocenters. The predicted molar refractivity (Wildman–Crippen MR) is 74.6 cm³/mol. The van der Waals surface area contributed by atoms with E-state index in [9.17, 15) is 9.50 Å². The highest BCUT2D eigenvalue weighted by molar-refractivity contribution is 7.11. The first-order chi connectivity index (χ1) is 9.24. The minimum atomic E-state index is -0.395. The van der Waals surface area contributed by atoms with Gasteiger partial charge in [-0.25, -0.2) is 9.37 Å². The molecule has 3 nitrogen and oxygen atoms in total. The van der Waals surface area contributed by atoms with E-state index in [-0.39, 0.29) is 12.4 Å². The van der Waals surface area contributed by atoms with Crippen LogP contribution in [0.1, 0.15) is 28.4 Å². The molecule has 0 aliphatic carbocycles. The van der Waals surface area contributed by atoms with Gasteiger partial charge in [0.15, 0.2) is 0 Å². The highest BCUT2D eigenvalue weighted by atomic mass is 32.1. The van der Waals surface area contributed by atoms with Crippen molar-refractivity contribution in [1.29, 1.82) is 0 Å². The van der Waals surface area contributed by atoms with E-state index in [2.05, 4.69) is 17.2 Å². The van der Waals surface area contributed by atoms with Crippen LogP contribution in [-0.4, -0.2) is 16.7 Å². The number of hydrogen-bond donors (Lipinski definition) is 2. The number of rotatable bonds is 6. The van der Waals surface area contributed by atoms with E-state index in [1.54, 1.807) is 29.5 Å². The molecular formula is C14H17FN2OS. The van der Waals surface area contributed by atoms with Crippen LogP contribution in [0.2, 0.25) is 0 Å². The molecule has 2 N–H and O–H groups in total. The summed E-state index contributed by atoms with van der Waals surface area (Å²) in [5, 5.41) is 13.6. The second-order valence-electron chi connectivity index (χ2n) is 4.21. The number of nitrogens with one attached hydrogen (secondary N) is 1. The number of halogens is 1. The summed E-state index contributed by atoms with van der Waals surface area (Å²) in [6, 6.07) is 6.11. The predicted octanol–water partition coefficient (Wildman–Crippen LogP) is 2.67. The first-order valence-electron chi connectivity index (χ1n) is 6.26. The largest absolute Gasteiger partial charge is 0.394 e. The molecule has 1 heterocycles. The zero-order valence-electron chi connectivity index (χ0n) is 10.8. The average molecular weight is 280 g/mol. The van der Waals surface area contributed by atoms with E-state index in [1.807, 2.05) is 6.20 Å². The highest BCUT2D eigenvalue weighted by Crippen LogP contribution is 2.18. The third kappa shape index (κ3) is 3.59. The van der Waals surface area contributed by atoms with Crippen molar-refractivity contribution >= 4 is 11.3 Å². The molecule has 0 saturated carbocycles. The van der Waals surface area contributed by atoms with Crippen molar-refractivity contribution in [3.05, 3.63) is 51.7 Å². The molecule has 0 spiro atoms. The summed E-state index contributed by atoms with van der Waals surface area (Å²) in [4.78, 5) is 5.36. The zero-order valence-corrected chi connectivity index (χ0v) is 11.6. The molecule has 0 saturated heterocycles. The number of aryl methyl sites for hydroxylation is 1. The molecule has 5 heteroatoms. The molecule has 0 amide bonds. The smallest absolute Gasteiger partial charge is 0.128 e. The molecule has 1 aromatic carbocycles. The van der Waals surface area contributed by atoms with Crippen LogP contribution in [0.4, 0.5) is 4.39 Å². The molecule has 102 valence electrons. The standard InChI is InChI=1S/C14H17FN2OS/c1-2-14-17-8-10(19-14)7-16-13(9-18)11-5-3-4-6-12(11)15/h3-6,8,13,16,18H,2,7,9H2,1H3. The van der Waals surface area contributed by atoms with Gasteiger partial charge in [-0.05, 0) is 12.5 Å². The Kier molecular flexibility index (Phi) is 5.01. The van der Waals surface area contributed by atoms with Gasteiger partial charge >= 0.3 is 0 Å². The van der Waals surface area contributed by atoms with Gasteiger partial charge in [-0.3, -0.25) is 0 Å². The summed E-state index contributed by atoms with van der Waals surface area (Å²) in [7, 11) is 0. The first kappa shape index (κ1) is 14.1. The van der Waals surface area contributed by atoms with Gasteiger partial charge < -0.3 is 10.4 Å². The van der Waals surface area contributed by atoms with Crippen LogP contribution in [0.15, 0.2) is 30.5 Å². The highest BCUT2D eigenvalue weighted by Gasteiger charge is 2.14. The van der Waals surface area contributed by atoms with E-state index in [1.165, 1.54) is 6.07 Å². The van der Waals surface area contributed by atoms with Crippen molar-refractivity contribution in [2.45, 2.75) is 25.9 Å². The molecule has 2 rings (SSSR count). The number of thiazole rings is 1. The summed E-state index contributed by atoms with van der Waals surface area (Å²) in [6.07, 6.45) is 2.74. The van der Waals surface area contributed by atoms with Crippen molar-refractivity contribution in [2.75, 3.05) is 6.61 Å². The maximum Gasteiger partial charge on any atom is 0.128 e. The molecule has 0 aliphatic heterocycles. The first-order valence-corrected chi connectivity index (χ1v) is 7.08. The molecule has 0 fully saturated rings. The van der Waals surface area contributed by atoms with E-state index >= 15 is 0 Å². The van der Waals surface area contributed by atoms with Crippen molar-refractivity contribution in [3.63, 3.8) is 0 Å². The minimum Gasteiger partial charge on any atom is -0.394 e. The molecule has 0 aliphatic rings. The van der Waals surface area contributed by atoms with Crippen molar-refractivity contribution in [1.82, 2.24) is 10.3 Å². The van der Waals surface area contributed by atoms with Crippen LogP contribution in [0, 0.1) is 5.82 Å². The Balaban J connectivity index is 2.02. The molecule has 0 radical (unpaired) electrons. The quantitative estimate of drug-likeness (QED) is 0.855. The number of benzene rings is 1. The van der Waals surface area contributed by atoms with Crippen LogP contribution in [0.25, 0.3) is 0 Å². The van der Waals surface area contributed by atoms with Gasteiger partial charge in [0.2, 0.25) is 0 Å². The molecule has 0 bridgehead atoms. The lowest BCUT2D eigenvalue weighted by Gasteiger charge is -2.16. The lowest BCUT2D eigenvalue weighted by Crippen LogP contribution is -2.24. The lowest BCUT2D eigenvalue weighted by molar-refractivity contribution is 0.241. The number of aliphatic hydroxyl groups is 1. The summed E-state index contributed by atoms with van der Waals surface area (Å²) in [5.41, 5.74) is 0.491. The molecule has 19 heavy (non-hydrogen) atoms. The normalized spacial score (nSPS) is 12.6. The SMILES string of the molecule is CCc1ncc(CNC(CO)c2ccccc2F)s1. The Bertz CT molecular complexity index is 530. The zero-order chi connectivity index (χ0) is 13.7. The third-order valence-corrected chi connectivity index (χ3v) is 4.03. The van der Waals surface area contributed by atoms with E-state index in [0.29, 0.717) is 12.1 Å². The number of hydrogen-bond acceptors (Lipinski definition) is 4. The molecular weight excluding hydrogens is 263 g/mol. The fraction of sp³-hybridized carbons (Fsp3) is 0.357. The Hall–Kier alpha value is -1.30. The summed E-state index contributed by atoms with van der Waals surface area (Å²) in [5.74, 6) is -0.299. The monoisotopic (exact) mass is 280 g/mol. The van der Waals surface area contributed by atoms with Gasteiger partial charge in [0.25, 0.3) is 0 Å². The van der Waals surface area contributed by atoms with Gasteiger partial charge in [0.05, 0.1) is 17.7 Å². The Morgan fingerprint density at radius 1 is 1.42 bits per heavy atom.